The Morgan fingerprint density at radius 3 is 2.74 bits per heavy atom. The van der Waals surface area contributed by atoms with Gasteiger partial charge in [-0.05, 0) is 19.4 Å². The van der Waals surface area contributed by atoms with Crippen LogP contribution in [0.1, 0.15) is 25.5 Å². The summed E-state index contributed by atoms with van der Waals surface area (Å²) in [5.41, 5.74) is 0.912. The fourth-order valence-corrected chi connectivity index (χ4v) is 2.17. The lowest BCUT2D eigenvalue weighted by atomic mass is 9.93. The zero-order valence-electron chi connectivity index (χ0n) is 11.0. The highest BCUT2D eigenvalue weighted by atomic mass is 16.6. The van der Waals surface area contributed by atoms with Gasteiger partial charge in [-0.25, -0.2) is 4.79 Å². The molecule has 1 N–H and O–H groups in total. The number of ether oxygens (including phenoxy) is 2. The molecular weight excluding hydrogens is 246 g/mol. The number of hydrogen-bond acceptors (Lipinski definition) is 4. The maximum Gasteiger partial charge on any atom is 0.408 e. The summed E-state index contributed by atoms with van der Waals surface area (Å²) in [6.07, 6.45) is -1.05. The molecule has 5 heteroatoms. The summed E-state index contributed by atoms with van der Waals surface area (Å²) < 4.78 is 10.2. The normalized spacial score (nSPS) is 23.4. The SMILES string of the molecule is CCOC(=O)[C@H](C)[C@@H]1OC(=O)N[C@H]1c1ccccc1. The highest BCUT2D eigenvalue weighted by Gasteiger charge is 2.42. The third-order valence-electron chi connectivity index (χ3n) is 3.15. The summed E-state index contributed by atoms with van der Waals surface area (Å²) in [7, 11) is 0. The highest BCUT2D eigenvalue weighted by molar-refractivity contribution is 5.76. The summed E-state index contributed by atoms with van der Waals surface area (Å²) in [4.78, 5) is 23.2. The smallest absolute Gasteiger partial charge is 0.408 e. The molecule has 5 nitrogen and oxygen atoms in total. The van der Waals surface area contributed by atoms with E-state index < -0.39 is 18.1 Å². The molecule has 102 valence electrons. The van der Waals surface area contributed by atoms with E-state index in [1.165, 1.54) is 0 Å². The molecule has 0 spiro atoms. The van der Waals surface area contributed by atoms with E-state index in [9.17, 15) is 9.59 Å². The predicted octanol–water partition coefficient (Wildman–Crippen LogP) is 2.04. The van der Waals surface area contributed by atoms with Gasteiger partial charge in [0.05, 0.1) is 18.6 Å². The molecule has 0 radical (unpaired) electrons. The number of rotatable bonds is 4. The Bertz CT molecular complexity index is 460. The van der Waals surface area contributed by atoms with Gasteiger partial charge in [0.25, 0.3) is 0 Å². The van der Waals surface area contributed by atoms with Crippen LogP contribution >= 0.6 is 0 Å². The molecule has 19 heavy (non-hydrogen) atoms. The Labute approximate surface area is 111 Å². The molecule has 2 rings (SSSR count). The molecule has 1 aromatic carbocycles. The second-order valence-corrected chi connectivity index (χ2v) is 4.44. The molecule has 0 aliphatic carbocycles. The van der Waals surface area contributed by atoms with E-state index in [0.717, 1.165) is 5.56 Å². The van der Waals surface area contributed by atoms with E-state index in [0.29, 0.717) is 6.61 Å². The van der Waals surface area contributed by atoms with E-state index in [4.69, 9.17) is 9.47 Å². The zero-order valence-corrected chi connectivity index (χ0v) is 11.0. The first-order chi connectivity index (χ1) is 9.13. The van der Waals surface area contributed by atoms with Crippen molar-refractivity contribution in [2.24, 2.45) is 5.92 Å². The van der Waals surface area contributed by atoms with Crippen LogP contribution in [-0.2, 0) is 14.3 Å². The minimum atomic E-state index is -0.547. The van der Waals surface area contributed by atoms with Crippen molar-refractivity contribution in [2.75, 3.05) is 6.61 Å². The maximum atomic E-state index is 11.8. The number of esters is 1. The summed E-state index contributed by atoms with van der Waals surface area (Å²) in [5.74, 6) is -0.867. The summed E-state index contributed by atoms with van der Waals surface area (Å²) in [6.45, 7) is 3.77. The molecule has 1 aliphatic heterocycles. The number of alkyl carbamates (subject to hydrolysis) is 1. The van der Waals surface area contributed by atoms with Crippen LogP contribution in [0.25, 0.3) is 0 Å². The minimum Gasteiger partial charge on any atom is -0.466 e. The second-order valence-electron chi connectivity index (χ2n) is 4.44. The molecule has 0 saturated carbocycles. The van der Waals surface area contributed by atoms with Gasteiger partial charge in [0.2, 0.25) is 0 Å². The van der Waals surface area contributed by atoms with Crippen molar-refractivity contribution >= 4 is 12.1 Å². The van der Waals surface area contributed by atoms with Crippen molar-refractivity contribution in [3.05, 3.63) is 35.9 Å². The van der Waals surface area contributed by atoms with E-state index in [1.54, 1.807) is 13.8 Å². The van der Waals surface area contributed by atoms with Crippen molar-refractivity contribution in [2.45, 2.75) is 26.0 Å². The van der Waals surface area contributed by atoms with Gasteiger partial charge in [-0.1, -0.05) is 30.3 Å². The molecule has 0 aromatic heterocycles. The van der Waals surface area contributed by atoms with Gasteiger partial charge in [0.15, 0.2) is 0 Å². The number of hydrogen-bond donors (Lipinski definition) is 1. The van der Waals surface area contributed by atoms with Crippen LogP contribution in [0.15, 0.2) is 30.3 Å². The molecule has 1 fully saturated rings. The lowest BCUT2D eigenvalue weighted by molar-refractivity contribution is -0.150. The van der Waals surface area contributed by atoms with Crippen molar-refractivity contribution < 1.29 is 19.1 Å². The average Bonchev–Trinajstić information content (AvgIpc) is 2.81. The zero-order chi connectivity index (χ0) is 13.8. The van der Waals surface area contributed by atoms with Crippen LogP contribution in [-0.4, -0.2) is 24.8 Å². The van der Waals surface area contributed by atoms with Crippen LogP contribution < -0.4 is 5.32 Å². The van der Waals surface area contributed by atoms with Gasteiger partial charge in [-0.3, -0.25) is 4.79 Å². The van der Waals surface area contributed by atoms with E-state index in [-0.39, 0.29) is 12.0 Å². The first kappa shape index (κ1) is 13.4. The largest absolute Gasteiger partial charge is 0.466 e. The maximum absolute atomic E-state index is 11.8. The van der Waals surface area contributed by atoms with Crippen molar-refractivity contribution in [3.8, 4) is 0 Å². The molecule has 1 aromatic rings. The predicted molar refractivity (Wildman–Crippen MR) is 68.4 cm³/mol. The number of cyclic esters (lactones) is 1. The number of amides is 1. The third-order valence-corrected chi connectivity index (χ3v) is 3.15. The molecular formula is C14H17NO4. The first-order valence-corrected chi connectivity index (χ1v) is 6.32. The fourth-order valence-electron chi connectivity index (χ4n) is 2.17. The fraction of sp³-hybridized carbons (Fsp3) is 0.429. The second kappa shape index (κ2) is 5.73. The topological polar surface area (TPSA) is 64.6 Å². The Morgan fingerprint density at radius 1 is 1.42 bits per heavy atom. The number of benzene rings is 1. The van der Waals surface area contributed by atoms with Gasteiger partial charge in [0, 0.05) is 0 Å². The van der Waals surface area contributed by atoms with Crippen LogP contribution in [0.3, 0.4) is 0 Å². The molecule has 1 amide bonds. The van der Waals surface area contributed by atoms with Gasteiger partial charge in [-0.2, -0.15) is 0 Å². The van der Waals surface area contributed by atoms with Crippen LogP contribution in [0, 0.1) is 5.92 Å². The molecule has 0 unspecified atom stereocenters. The monoisotopic (exact) mass is 263 g/mol. The van der Waals surface area contributed by atoms with Crippen LogP contribution in [0.5, 0.6) is 0 Å². The van der Waals surface area contributed by atoms with E-state index in [1.807, 2.05) is 30.3 Å². The lowest BCUT2D eigenvalue weighted by Crippen LogP contribution is -2.33. The van der Waals surface area contributed by atoms with Crippen LogP contribution in [0.2, 0.25) is 0 Å². The lowest BCUT2D eigenvalue weighted by Gasteiger charge is -2.21. The molecule has 1 heterocycles. The van der Waals surface area contributed by atoms with Gasteiger partial charge < -0.3 is 14.8 Å². The third kappa shape index (κ3) is 2.86. The standard InChI is InChI=1S/C14H17NO4/c1-3-18-13(16)9(2)12-11(15-14(17)19-12)10-7-5-4-6-8-10/h4-9,11-12H,3H2,1-2H3,(H,15,17)/t9-,11+,12+/m1/s1. The Balaban J connectivity index is 2.18. The number of nitrogens with one attached hydrogen (secondary N) is 1. The van der Waals surface area contributed by atoms with Gasteiger partial charge in [0.1, 0.15) is 6.10 Å². The van der Waals surface area contributed by atoms with Gasteiger partial charge >= 0.3 is 12.1 Å². The number of carbonyl (C=O) groups is 2. The van der Waals surface area contributed by atoms with E-state index in [2.05, 4.69) is 5.32 Å². The highest BCUT2D eigenvalue weighted by Crippen LogP contribution is 2.30. The summed E-state index contributed by atoms with van der Waals surface area (Å²) in [5, 5.41) is 2.73. The molecule has 0 bridgehead atoms. The molecule has 1 aliphatic rings. The molecule has 1 saturated heterocycles. The first-order valence-electron chi connectivity index (χ1n) is 6.32. The Morgan fingerprint density at radius 2 is 2.11 bits per heavy atom. The van der Waals surface area contributed by atoms with Crippen molar-refractivity contribution in [3.63, 3.8) is 0 Å². The summed E-state index contributed by atoms with van der Waals surface area (Å²) in [6, 6.07) is 9.12. The van der Waals surface area contributed by atoms with Crippen molar-refractivity contribution in [1.82, 2.24) is 5.32 Å². The Kier molecular flexibility index (Phi) is 4.04. The van der Waals surface area contributed by atoms with Crippen LogP contribution in [0.4, 0.5) is 4.79 Å². The Hall–Kier alpha value is -2.04. The van der Waals surface area contributed by atoms with Crippen molar-refractivity contribution in [1.29, 1.82) is 0 Å². The summed E-state index contributed by atoms with van der Waals surface area (Å²) >= 11 is 0. The minimum absolute atomic E-state index is 0.313. The number of carbonyl (C=O) groups excluding carboxylic acids is 2. The molecule has 3 atom stereocenters. The van der Waals surface area contributed by atoms with Gasteiger partial charge in [-0.15, -0.1) is 0 Å². The average molecular weight is 263 g/mol. The van der Waals surface area contributed by atoms with E-state index >= 15 is 0 Å². The quantitative estimate of drug-likeness (QED) is 0.844.